The van der Waals surface area contributed by atoms with Crippen LogP contribution >= 0.6 is 23.2 Å². The Bertz CT molecular complexity index is 526. The van der Waals surface area contributed by atoms with Gasteiger partial charge in [-0.25, -0.2) is 4.98 Å². The fraction of sp³-hybridized carbons (Fsp3) is 0.214. The molecule has 0 aliphatic heterocycles. The van der Waals surface area contributed by atoms with Gasteiger partial charge in [0, 0.05) is 18.1 Å². The van der Waals surface area contributed by atoms with Crippen LogP contribution in [0.25, 0.3) is 0 Å². The van der Waals surface area contributed by atoms with E-state index in [1.807, 2.05) is 24.3 Å². The Balaban J connectivity index is 2.17. The van der Waals surface area contributed by atoms with Crippen LogP contribution in [0.2, 0.25) is 5.02 Å². The largest absolute Gasteiger partial charge is 0.439 e. The number of aryl methyl sites for hydroxylation is 1. The van der Waals surface area contributed by atoms with E-state index in [0.717, 1.165) is 17.7 Å². The van der Waals surface area contributed by atoms with E-state index in [0.29, 0.717) is 16.8 Å². The lowest BCUT2D eigenvalue weighted by Crippen LogP contribution is -1.91. The third-order valence-electron chi connectivity index (χ3n) is 2.61. The lowest BCUT2D eigenvalue weighted by molar-refractivity contribution is 0.462. The third-order valence-corrected chi connectivity index (χ3v) is 3.24. The Hall–Kier alpha value is -1.25. The zero-order valence-electron chi connectivity index (χ0n) is 9.99. The van der Waals surface area contributed by atoms with Crippen molar-refractivity contribution in [1.82, 2.24) is 4.98 Å². The average Bonchev–Trinajstić information content (AvgIpc) is 2.42. The number of halogens is 2. The predicted octanol–water partition coefficient (Wildman–Crippen LogP) is 4.83. The number of benzene rings is 1. The molecular formula is C14H13Cl2NO. The minimum atomic E-state index is 0.340. The molecule has 1 aromatic carbocycles. The summed E-state index contributed by atoms with van der Waals surface area (Å²) < 4.78 is 5.65. The van der Waals surface area contributed by atoms with Crippen LogP contribution in [-0.4, -0.2) is 4.98 Å². The van der Waals surface area contributed by atoms with Crippen LogP contribution in [0, 0.1) is 0 Å². The van der Waals surface area contributed by atoms with Crippen LogP contribution < -0.4 is 4.74 Å². The highest BCUT2D eigenvalue weighted by molar-refractivity contribution is 6.32. The first-order chi connectivity index (χ1) is 8.72. The second kappa shape index (κ2) is 6.07. The highest BCUT2D eigenvalue weighted by Crippen LogP contribution is 2.25. The van der Waals surface area contributed by atoms with Gasteiger partial charge in [-0.05, 0) is 29.7 Å². The van der Waals surface area contributed by atoms with Crippen molar-refractivity contribution < 1.29 is 4.74 Å². The highest BCUT2D eigenvalue weighted by Gasteiger charge is 2.04. The van der Waals surface area contributed by atoms with E-state index in [1.54, 1.807) is 12.3 Å². The second-order valence-electron chi connectivity index (χ2n) is 3.85. The van der Waals surface area contributed by atoms with E-state index in [2.05, 4.69) is 11.9 Å². The molecule has 0 radical (unpaired) electrons. The summed E-state index contributed by atoms with van der Waals surface area (Å²) in [6.07, 6.45) is 2.56. The van der Waals surface area contributed by atoms with Crippen molar-refractivity contribution in [2.75, 3.05) is 0 Å². The molecular weight excluding hydrogens is 269 g/mol. The number of aromatic nitrogens is 1. The molecule has 0 saturated carbocycles. The van der Waals surface area contributed by atoms with Gasteiger partial charge in [0.1, 0.15) is 5.75 Å². The third kappa shape index (κ3) is 3.15. The van der Waals surface area contributed by atoms with E-state index in [-0.39, 0.29) is 0 Å². The highest BCUT2D eigenvalue weighted by atomic mass is 35.5. The SMILES string of the molecule is CCc1ccc(Oc2cc(CCl)c(Cl)cn2)cc1. The number of pyridine rings is 1. The summed E-state index contributed by atoms with van der Waals surface area (Å²) in [5.74, 6) is 1.59. The molecule has 2 aromatic rings. The number of alkyl halides is 1. The lowest BCUT2D eigenvalue weighted by Gasteiger charge is -2.07. The van der Waals surface area contributed by atoms with Gasteiger partial charge in [0.05, 0.1) is 5.02 Å². The summed E-state index contributed by atoms with van der Waals surface area (Å²) in [6, 6.07) is 9.68. The topological polar surface area (TPSA) is 22.1 Å². The first kappa shape index (κ1) is 13.2. The molecule has 0 fully saturated rings. The van der Waals surface area contributed by atoms with Crippen molar-refractivity contribution in [2.24, 2.45) is 0 Å². The minimum Gasteiger partial charge on any atom is -0.439 e. The van der Waals surface area contributed by atoms with Crippen molar-refractivity contribution in [1.29, 1.82) is 0 Å². The summed E-state index contributed by atoms with van der Waals surface area (Å²) in [6.45, 7) is 2.11. The molecule has 0 saturated heterocycles. The van der Waals surface area contributed by atoms with Crippen LogP contribution in [0.5, 0.6) is 11.6 Å². The van der Waals surface area contributed by atoms with Crippen LogP contribution in [0.1, 0.15) is 18.1 Å². The van der Waals surface area contributed by atoms with E-state index < -0.39 is 0 Å². The van der Waals surface area contributed by atoms with Gasteiger partial charge in [-0.1, -0.05) is 30.7 Å². The van der Waals surface area contributed by atoms with Crippen LogP contribution in [-0.2, 0) is 12.3 Å². The standard InChI is InChI=1S/C14H13Cl2NO/c1-2-10-3-5-12(6-4-10)18-14-7-11(8-15)13(16)9-17-14/h3-7,9H,2,8H2,1H3. The lowest BCUT2D eigenvalue weighted by atomic mass is 10.2. The molecule has 2 rings (SSSR count). The second-order valence-corrected chi connectivity index (χ2v) is 4.52. The van der Waals surface area contributed by atoms with E-state index in [4.69, 9.17) is 27.9 Å². The Morgan fingerprint density at radius 2 is 1.94 bits per heavy atom. The van der Waals surface area contributed by atoms with Crippen LogP contribution in [0.4, 0.5) is 0 Å². The van der Waals surface area contributed by atoms with Crippen molar-refractivity contribution >= 4 is 23.2 Å². The summed E-state index contributed by atoms with van der Waals surface area (Å²) in [4.78, 5) is 4.11. The maximum absolute atomic E-state index is 5.94. The van der Waals surface area contributed by atoms with Crippen molar-refractivity contribution in [3.63, 3.8) is 0 Å². The first-order valence-electron chi connectivity index (χ1n) is 5.70. The van der Waals surface area contributed by atoms with Crippen LogP contribution in [0.15, 0.2) is 36.5 Å². The Morgan fingerprint density at radius 3 is 2.56 bits per heavy atom. The monoisotopic (exact) mass is 281 g/mol. The molecule has 1 heterocycles. The number of rotatable bonds is 4. The maximum atomic E-state index is 5.94. The number of hydrogen-bond donors (Lipinski definition) is 0. The molecule has 94 valence electrons. The molecule has 0 unspecified atom stereocenters. The fourth-order valence-electron chi connectivity index (χ4n) is 1.53. The fourth-order valence-corrected chi connectivity index (χ4v) is 1.99. The van der Waals surface area contributed by atoms with Gasteiger partial charge in [0.2, 0.25) is 5.88 Å². The molecule has 0 bridgehead atoms. The zero-order chi connectivity index (χ0) is 13.0. The molecule has 0 atom stereocenters. The Morgan fingerprint density at radius 1 is 1.22 bits per heavy atom. The first-order valence-corrected chi connectivity index (χ1v) is 6.61. The zero-order valence-corrected chi connectivity index (χ0v) is 11.5. The van der Waals surface area contributed by atoms with Crippen molar-refractivity contribution in [2.45, 2.75) is 19.2 Å². The van der Waals surface area contributed by atoms with Gasteiger partial charge in [0.25, 0.3) is 0 Å². The molecule has 4 heteroatoms. The molecule has 0 N–H and O–H groups in total. The summed E-state index contributed by atoms with van der Waals surface area (Å²) in [5.41, 5.74) is 2.08. The quantitative estimate of drug-likeness (QED) is 0.749. The van der Waals surface area contributed by atoms with Gasteiger partial charge in [0.15, 0.2) is 0 Å². The summed E-state index contributed by atoms with van der Waals surface area (Å²) in [7, 11) is 0. The number of hydrogen-bond acceptors (Lipinski definition) is 2. The molecule has 1 aromatic heterocycles. The Labute approximate surface area is 117 Å². The summed E-state index contributed by atoms with van der Waals surface area (Å²) >= 11 is 11.7. The van der Waals surface area contributed by atoms with Crippen molar-refractivity contribution in [3.05, 3.63) is 52.7 Å². The Kier molecular flexibility index (Phi) is 4.45. The van der Waals surface area contributed by atoms with E-state index in [1.165, 1.54) is 5.56 Å². The maximum Gasteiger partial charge on any atom is 0.219 e. The molecule has 0 aliphatic carbocycles. The van der Waals surface area contributed by atoms with Gasteiger partial charge >= 0.3 is 0 Å². The van der Waals surface area contributed by atoms with Gasteiger partial charge in [-0.3, -0.25) is 0 Å². The van der Waals surface area contributed by atoms with E-state index >= 15 is 0 Å². The molecule has 18 heavy (non-hydrogen) atoms. The number of ether oxygens (including phenoxy) is 1. The van der Waals surface area contributed by atoms with Gasteiger partial charge in [-0.15, -0.1) is 11.6 Å². The van der Waals surface area contributed by atoms with Gasteiger partial charge < -0.3 is 4.74 Å². The molecule has 0 aliphatic rings. The normalized spacial score (nSPS) is 10.4. The summed E-state index contributed by atoms with van der Waals surface area (Å²) in [5, 5.41) is 0.554. The molecule has 0 amide bonds. The van der Waals surface area contributed by atoms with Gasteiger partial charge in [-0.2, -0.15) is 0 Å². The predicted molar refractivity (Wildman–Crippen MR) is 74.7 cm³/mol. The average molecular weight is 282 g/mol. The number of nitrogens with zero attached hydrogens (tertiary/aromatic N) is 1. The smallest absolute Gasteiger partial charge is 0.219 e. The van der Waals surface area contributed by atoms with Crippen molar-refractivity contribution in [3.8, 4) is 11.6 Å². The molecule has 2 nitrogen and oxygen atoms in total. The minimum absolute atomic E-state index is 0.340. The van der Waals surface area contributed by atoms with E-state index in [9.17, 15) is 0 Å². The van der Waals surface area contributed by atoms with Crippen LogP contribution in [0.3, 0.4) is 0 Å². The molecule has 0 spiro atoms.